The van der Waals surface area contributed by atoms with Gasteiger partial charge in [-0.15, -0.1) is 0 Å². The molecule has 126 valence electrons. The van der Waals surface area contributed by atoms with Gasteiger partial charge in [0.2, 0.25) is 5.91 Å². The Morgan fingerprint density at radius 2 is 1.83 bits per heavy atom. The lowest BCUT2D eigenvalue weighted by Crippen LogP contribution is -2.28. The van der Waals surface area contributed by atoms with Crippen molar-refractivity contribution >= 4 is 11.6 Å². The first-order valence-electron chi connectivity index (χ1n) is 8.20. The Morgan fingerprint density at radius 1 is 1.08 bits per heavy atom. The van der Waals surface area contributed by atoms with Crippen LogP contribution < -0.4 is 20.1 Å². The van der Waals surface area contributed by atoms with Gasteiger partial charge >= 0.3 is 0 Å². The van der Waals surface area contributed by atoms with Gasteiger partial charge < -0.3 is 20.1 Å². The molecule has 1 amide bonds. The van der Waals surface area contributed by atoms with Crippen molar-refractivity contribution in [1.82, 2.24) is 5.32 Å². The van der Waals surface area contributed by atoms with Crippen molar-refractivity contribution in [2.45, 2.75) is 19.4 Å². The summed E-state index contributed by atoms with van der Waals surface area (Å²) >= 11 is 0. The van der Waals surface area contributed by atoms with E-state index in [-0.39, 0.29) is 11.9 Å². The third-order valence-corrected chi connectivity index (χ3v) is 3.90. The minimum absolute atomic E-state index is 0.00740. The van der Waals surface area contributed by atoms with E-state index in [1.54, 1.807) is 0 Å². The van der Waals surface area contributed by atoms with E-state index in [1.165, 1.54) is 0 Å². The summed E-state index contributed by atoms with van der Waals surface area (Å²) in [7, 11) is 0. The third-order valence-electron chi connectivity index (χ3n) is 3.90. The van der Waals surface area contributed by atoms with Crippen LogP contribution in [0, 0.1) is 0 Å². The number of fused-ring (bicyclic) bond motifs is 1. The van der Waals surface area contributed by atoms with Crippen LogP contribution in [0.3, 0.4) is 0 Å². The van der Waals surface area contributed by atoms with Crippen LogP contribution in [0.25, 0.3) is 0 Å². The fraction of sp³-hybridized carbons (Fsp3) is 0.316. The predicted molar refractivity (Wildman–Crippen MR) is 93.5 cm³/mol. The molecule has 1 heterocycles. The van der Waals surface area contributed by atoms with Gasteiger partial charge in [-0.25, -0.2) is 0 Å². The van der Waals surface area contributed by atoms with E-state index < -0.39 is 0 Å². The van der Waals surface area contributed by atoms with Crippen molar-refractivity contribution in [3.8, 4) is 11.5 Å². The Kier molecular flexibility index (Phi) is 5.21. The molecule has 0 aromatic heterocycles. The topological polar surface area (TPSA) is 59.6 Å². The van der Waals surface area contributed by atoms with E-state index in [2.05, 4.69) is 10.6 Å². The first-order valence-corrected chi connectivity index (χ1v) is 8.20. The Balaban J connectivity index is 1.45. The molecule has 0 spiro atoms. The van der Waals surface area contributed by atoms with Crippen LogP contribution in [0.4, 0.5) is 5.69 Å². The first kappa shape index (κ1) is 16.2. The molecule has 0 saturated heterocycles. The van der Waals surface area contributed by atoms with Crippen LogP contribution in [0.2, 0.25) is 0 Å². The Morgan fingerprint density at radius 3 is 2.62 bits per heavy atom. The van der Waals surface area contributed by atoms with E-state index in [4.69, 9.17) is 9.47 Å². The number of benzene rings is 2. The zero-order chi connectivity index (χ0) is 16.8. The molecule has 2 aromatic carbocycles. The minimum atomic E-state index is 0.00740. The molecule has 0 saturated carbocycles. The Labute approximate surface area is 142 Å². The highest BCUT2D eigenvalue weighted by atomic mass is 16.6. The monoisotopic (exact) mass is 326 g/mol. The number of ether oxygens (including phenoxy) is 2. The number of hydrogen-bond donors (Lipinski definition) is 2. The van der Waals surface area contributed by atoms with Crippen molar-refractivity contribution in [3.05, 3.63) is 54.1 Å². The van der Waals surface area contributed by atoms with Gasteiger partial charge in [0.05, 0.1) is 6.04 Å². The lowest BCUT2D eigenvalue weighted by atomic mass is 10.1. The molecule has 24 heavy (non-hydrogen) atoms. The molecule has 1 unspecified atom stereocenters. The number of carbonyl (C=O) groups is 1. The van der Waals surface area contributed by atoms with Gasteiger partial charge in [0.1, 0.15) is 13.2 Å². The molecule has 0 aliphatic carbocycles. The second-order valence-corrected chi connectivity index (χ2v) is 5.74. The molecule has 5 nitrogen and oxygen atoms in total. The largest absolute Gasteiger partial charge is 0.486 e. The smallest absolute Gasteiger partial charge is 0.222 e. The number of amides is 1. The molecule has 0 bridgehead atoms. The molecule has 0 fully saturated rings. The highest BCUT2D eigenvalue weighted by Crippen LogP contribution is 2.32. The van der Waals surface area contributed by atoms with Crippen LogP contribution in [0.5, 0.6) is 11.5 Å². The van der Waals surface area contributed by atoms with Crippen LogP contribution in [0.1, 0.15) is 24.9 Å². The Bertz CT molecular complexity index is 688. The SMILES string of the molecule is CC(NC(=O)CCNc1ccc2c(c1)OCCO2)c1ccccc1. The highest BCUT2D eigenvalue weighted by molar-refractivity contribution is 5.77. The summed E-state index contributed by atoms with van der Waals surface area (Å²) < 4.78 is 11.0. The molecule has 2 aromatic rings. The van der Waals surface area contributed by atoms with E-state index in [9.17, 15) is 4.79 Å². The average Bonchev–Trinajstić information content (AvgIpc) is 2.62. The molecular weight excluding hydrogens is 304 g/mol. The maximum Gasteiger partial charge on any atom is 0.222 e. The lowest BCUT2D eigenvalue weighted by Gasteiger charge is -2.19. The van der Waals surface area contributed by atoms with Crippen molar-refractivity contribution in [3.63, 3.8) is 0 Å². The second-order valence-electron chi connectivity index (χ2n) is 5.74. The maximum atomic E-state index is 12.1. The van der Waals surface area contributed by atoms with Crippen molar-refractivity contribution in [1.29, 1.82) is 0 Å². The summed E-state index contributed by atoms with van der Waals surface area (Å²) in [5.41, 5.74) is 2.02. The molecule has 0 radical (unpaired) electrons. The van der Waals surface area contributed by atoms with Gasteiger partial charge in [0.15, 0.2) is 11.5 Å². The van der Waals surface area contributed by atoms with E-state index in [0.717, 1.165) is 22.7 Å². The average molecular weight is 326 g/mol. The van der Waals surface area contributed by atoms with Crippen molar-refractivity contribution in [2.24, 2.45) is 0 Å². The third kappa shape index (κ3) is 4.19. The summed E-state index contributed by atoms with van der Waals surface area (Å²) in [4.78, 5) is 12.1. The van der Waals surface area contributed by atoms with Gasteiger partial charge in [-0.05, 0) is 24.6 Å². The summed E-state index contributed by atoms with van der Waals surface area (Å²) in [5.74, 6) is 1.53. The molecule has 1 aliphatic heterocycles. The normalized spacial score (nSPS) is 13.9. The van der Waals surface area contributed by atoms with Gasteiger partial charge in [0, 0.05) is 24.7 Å². The van der Waals surface area contributed by atoms with Crippen molar-refractivity contribution < 1.29 is 14.3 Å². The summed E-state index contributed by atoms with van der Waals surface area (Å²) in [6.07, 6.45) is 0.408. The van der Waals surface area contributed by atoms with E-state index in [0.29, 0.717) is 26.2 Å². The van der Waals surface area contributed by atoms with Crippen molar-refractivity contribution in [2.75, 3.05) is 25.1 Å². The summed E-state index contributed by atoms with van der Waals surface area (Å²) in [6.45, 7) is 3.70. The van der Waals surface area contributed by atoms with Crippen LogP contribution in [0.15, 0.2) is 48.5 Å². The lowest BCUT2D eigenvalue weighted by molar-refractivity contribution is -0.121. The van der Waals surface area contributed by atoms with Crippen LogP contribution in [-0.4, -0.2) is 25.7 Å². The number of rotatable bonds is 6. The number of nitrogens with one attached hydrogen (secondary N) is 2. The van der Waals surface area contributed by atoms with Gasteiger partial charge in [0.25, 0.3) is 0 Å². The van der Waals surface area contributed by atoms with E-state index in [1.807, 2.05) is 55.5 Å². The van der Waals surface area contributed by atoms with Gasteiger partial charge in [-0.3, -0.25) is 4.79 Å². The Hall–Kier alpha value is -2.69. The number of carbonyl (C=O) groups excluding carboxylic acids is 1. The molecule has 1 aliphatic rings. The van der Waals surface area contributed by atoms with E-state index >= 15 is 0 Å². The number of hydrogen-bond acceptors (Lipinski definition) is 4. The summed E-state index contributed by atoms with van der Waals surface area (Å²) in [5, 5.41) is 6.25. The zero-order valence-corrected chi connectivity index (χ0v) is 13.7. The fourth-order valence-electron chi connectivity index (χ4n) is 2.61. The van der Waals surface area contributed by atoms with Gasteiger partial charge in [-0.2, -0.15) is 0 Å². The minimum Gasteiger partial charge on any atom is -0.486 e. The zero-order valence-electron chi connectivity index (χ0n) is 13.7. The molecular formula is C19H22N2O3. The van der Waals surface area contributed by atoms with Crippen LogP contribution >= 0.6 is 0 Å². The maximum absolute atomic E-state index is 12.1. The highest BCUT2D eigenvalue weighted by Gasteiger charge is 2.12. The summed E-state index contributed by atoms with van der Waals surface area (Å²) in [6, 6.07) is 15.7. The second kappa shape index (κ2) is 7.73. The molecule has 2 N–H and O–H groups in total. The standard InChI is InChI=1S/C19H22N2O3/c1-14(15-5-3-2-4-6-15)21-19(22)9-10-20-16-7-8-17-18(13-16)24-12-11-23-17/h2-8,13-14,20H,9-12H2,1H3,(H,21,22). The number of anilines is 1. The van der Waals surface area contributed by atoms with Gasteiger partial charge in [-0.1, -0.05) is 30.3 Å². The first-order chi connectivity index (χ1) is 11.7. The molecule has 3 rings (SSSR count). The molecule has 5 heteroatoms. The predicted octanol–water partition coefficient (Wildman–Crippen LogP) is 3.14. The quantitative estimate of drug-likeness (QED) is 0.856. The molecule has 1 atom stereocenters. The van der Waals surface area contributed by atoms with Crippen LogP contribution in [-0.2, 0) is 4.79 Å². The fourth-order valence-corrected chi connectivity index (χ4v) is 2.61.